The molecule has 1 saturated heterocycles. The average molecular weight is 537 g/mol. The van der Waals surface area contributed by atoms with Crippen LogP contribution in [0.4, 0.5) is 4.39 Å². The van der Waals surface area contributed by atoms with Crippen molar-refractivity contribution in [2.45, 2.75) is 51.5 Å². The van der Waals surface area contributed by atoms with Crippen molar-refractivity contribution in [1.29, 1.82) is 0 Å². The molecular formula is C26H34BrFN2O4. The van der Waals surface area contributed by atoms with Gasteiger partial charge in [-0.05, 0) is 87.4 Å². The van der Waals surface area contributed by atoms with Gasteiger partial charge in [-0.25, -0.2) is 4.39 Å². The molecule has 1 aromatic carbocycles. The second-order valence-electron chi connectivity index (χ2n) is 10.7. The molecule has 3 aliphatic carbocycles. The molecule has 0 aromatic heterocycles. The van der Waals surface area contributed by atoms with Gasteiger partial charge in [0, 0.05) is 29.7 Å². The molecule has 5 rings (SSSR count). The third-order valence-electron chi connectivity index (χ3n) is 9.16. The fourth-order valence-electron chi connectivity index (χ4n) is 7.57. The van der Waals surface area contributed by atoms with E-state index in [-0.39, 0.29) is 29.7 Å². The van der Waals surface area contributed by atoms with Crippen LogP contribution < -0.4 is 5.32 Å². The predicted octanol–water partition coefficient (Wildman–Crippen LogP) is 4.21. The van der Waals surface area contributed by atoms with Gasteiger partial charge in [-0.1, -0.05) is 22.0 Å². The van der Waals surface area contributed by atoms with Crippen molar-refractivity contribution >= 4 is 27.8 Å². The van der Waals surface area contributed by atoms with Crippen LogP contribution in [-0.4, -0.2) is 54.7 Å². The highest BCUT2D eigenvalue weighted by molar-refractivity contribution is 9.10. The van der Waals surface area contributed by atoms with Crippen LogP contribution in [-0.2, 0) is 20.9 Å². The van der Waals surface area contributed by atoms with Crippen molar-refractivity contribution in [2.75, 3.05) is 32.8 Å². The maximum atomic E-state index is 14.4. The van der Waals surface area contributed by atoms with E-state index in [4.69, 9.17) is 4.74 Å². The molecule has 1 aromatic rings. The van der Waals surface area contributed by atoms with E-state index in [0.717, 1.165) is 45.3 Å². The van der Waals surface area contributed by atoms with Gasteiger partial charge >= 0.3 is 5.97 Å². The summed E-state index contributed by atoms with van der Waals surface area (Å²) in [5.41, 5.74) is -0.603. The van der Waals surface area contributed by atoms with E-state index in [9.17, 15) is 19.1 Å². The molecule has 1 heterocycles. The number of aliphatic carboxylic acids is 1. The van der Waals surface area contributed by atoms with Crippen LogP contribution in [0, 0.1) is 34.4 Å². The van der Waals surface area contributed by atoms with Gasteiger partial charge in [0.05, 0.1) is 17.9 Å². The number of rotatable bonds is 10. The fraction of sp³-hybridized carbons (Fsp3) is 0.692. The summed E-state index contributed by atoms with van der Waals surface area (Å²) in [6.07, 6.45) is 6.66. The Balaban J connectivity index is 1.32. The molecule has 1 spiro atoms. The Hall–Kier alpha value is -1.51. The molecule has 8 heteroatoms. The Kier molecular flexibility index (Phi) is 6.77. The highest BCUT2D eigenvalue weighted by atomic mass is 79.9. The molecule has 3 saturated carbocycles. The zero-order valence-electron chi connectivity index (χ0n) is 19.5. The van der Waals surface area contributed by atoms with E-state index in [1.807, 2.05) is 0 Å². The molecule has 4 aliphatic rings. The Morgan fingerprint density at radius 2 is 1.97 bits per heavy atom. The number of likely N-dealkylation sites (tertiary alicyclic amines) is 1. The smallest absolute Gasteiger partial charge is 0.307 e. The number of nitrogens with one attached hydrogen (secondary N) is 1. The number of halogens is 2. The number of hydrogen-bond donors (Lipinski definition) is 2. The van der Waals surface area contributed by atoms with E-state index in [2.05, 4.69) is 26.1 Å². The van der Waals surface area contributed by atoms with Crippen LogP contribution in [0.1, 0.15) is 50.5 Å². The van der Waals surface area contributed by atoms with Crippen molar-refractivity contribution < 1.29 is 23.8 Å². The lowest BCUT2D eigenvalue weighted by atomic mass is 9.63. The van der Waals surface area contributed by atoms with Gasteiger partial charge in [0.15, 0.2) is 0 Å². The summed E-state index contributed by atoms with van der Waals surface area (Å²) in [5, 5.41) is 13.2. The Morgan fingerprint density at radius 1 is 1.21 bits per heavy atom. The number of hydrogen-bond acceptors (Lipinski definition) is 4. The van der Waals surface area contributed by atoms with Crippen molar-refractivity contribution in [3.05, 3.63) is 34.1 Å². The van der Waals surface area contributed by atoms with Gasteiger partial charge < -0.3 is 20.1 Å². The number of carboxylic acid groups (broad SMARTS) is 1. The minimum Gasteiger partial charge on any atom is -0.481 e. The molecule has 2 N–H and O–H groups in total. The second-order valence-corrected chi connectivity index (χ2v) is 11.6. The minimum atomic E-state index is -0.995. The van der Waals surface area contributed by atoms with Crippen molar-refractivity contribution in [2.24, 2.45) is 28.6 Å². The van der Waals surface area contributed by atoms with Gasteiger partial charge in [0.25, 0.3) is 0 Å². The summed E-state index contributed by atoms with van der Waals surface area (Å²) in [6.45, 7) is 4.10. The fourth-order valence-corrected chi connectivity index (χ4v) is 7.90. The third kappa shape index (κ3) is 4.09. The number of carbonyl (C=O) groups is 2. The van der Waals surface area contributed by atoms with Crippen LogP contribution >= 0.6 is 15.9 Å². The van der Waals surface area contributed by atoms with E-state index < -0.39 is 23.1 Å². The Morgan fingerprint density at radius 3 is 2.65 bits per heavy atom. The lowest BCUT2D eigenvalue weighted by Gasteiger charge is -2.41. The summed E-state index contributed by atoms with van der Waals surface area (Å²) < 4.78 is 21.0. The average Bonchev–Trinajstić information content (AvgIpc) is 3.17. The highest BCUT2D eigenvalue weighted by Crippen LogP contribution is 2.79. The molecule has 1 amide bonds. The number of carboxylic acids is 1. The van der Waals surface area contributed by atoms with Crippen molar-refractivity contribution in [1.82, 2.24) is 10.2 Å². The number of benzene rings is 1. The van der Waals surface area contributed by atoms with E-state index in [1.54, 1.807) is 12.1 Å². The summed E-state index contributed by atoms with van der Waals surface area (Å²) >= 11 is 3.26. The molecule has 4 fully saturated rings. The first kappa shape index (κ1) is 24.2. The summed E-state index contributed by atoms with van der Waals surface area (Å²) in [6, 6.07) is 4.76. The van der Waals surface area contributed by atoms with E-state index in [1.165, 1.54) is 18.9 Å². The molecule has 186 valence electrons. The largest absolute Gasteiger partial charge is 0.481 e. The molecule has 0 unspecified atom stereocenters. The summed E-state index contributed by atoms with van der Waals surface area (Å²) in [4.78, 5) is 28.8. The number of nitrogens with zero attached hydrogens (tertiary/aromatic N) is 1. The molecule has 0 radical (unpaired) electrons. The Bertz CT molecular complexity index is 949. The molecule has 6 nitrogen and oxygen atoms in total. The van der Waals surface area contributed by atoms with Gasteiger partial charge in [0.2, 0.25) is 5.91 Å². The molecular weight excluding hydrogens is 503 g/mol. The van der Waals surface area contributed by atoms with Crippen LogP contribution in [0.15, 0.2) is 22.7 Å². The first-order chi connectivity index (χ1) is 16.4. The van der Waals surface area contributed by atoms with Gasteiger partial charge in [0.1, 0.15) is 5.82 Å². The monoisotopic (exact) mass is 536 g/mol. The third-order valence-corrected chi connectivity index (χ3v) is 9.65. The quantitative estimate of drug-likeness (QED) is 0.438. The zero-order valence-corrected chi connectivity index (χ0v) is 21.1. The Labute approximate surface area is 208 Å². The van der Waals surface area contributed by atoms with Crippen molar-refractivity contribution in [3.63, 3.8) is 0 Å². The molecule has 2 bridgehead atoms. The number of amides is 1. The molecule has 4 atom stereocenters. The standard InChI is InChI=1S/C26H34BrFN2O4/c27-18-4-3-17(20(28)15-18)16-29-24(33)26(9-13-34-14-12-30-10-1-2-11-30)21-6-5-19(22(26)23(31)32)25(21)7-8-25/h3-4,15,19,21-22H,1-2,5-14,16H2,(H,29,33)(H,31,32)/t19-,21+,22+,26-/m1/s1. The normalized spacial score (nSPS) is 31.3. The second kappa shape index (κ2) is 9.51. The van der Waals surface area contributed by atoms with Gasteiger partial charge in [-0.15, -0.1) is 0 Å². The molecule has 34 heavy (non-hydrogen) atoms. The van der Waals surface area contributed by atoms with Crippen LogP contribution in [0.3, 0.4) is 0 Å². The first-order valence-corrected chi connectivity index (χ1v) is 13.4. The van der Waals surface area contributed by atoms with Crippen molar-refractivity contribution in [3.8, 4) is 0 Å². The van der Waals surface area contributed by atoms with E-state index in [0.29, 0.717) is 29.7 Å². The summed E-state index contributed by atoms with van der Waals surface area (Å²) in [7, 11) is 0. The predicted molar refractivity (Wildman–Crippen MR) is 128 cm³/mol. The number of ether oxygens (including phenoxy) is 1. The first-order valence-electron chi connectivity index (χ1n) is 12.6. The minimum absolute atomic E-state index is 0.00118. The molecule has 1 aliphatic heterocycles. The lowest BCUT2D eigenvalue weighted by molar-refractivity contribution is -0.158. The maximum absolute atomic E-state index is 14.4. The maximum Gasteiger partial charge on any atom is 0.307 e. The topological polar surface area (TPSA) is 78.9 Å². The van der Waals surface area contributed by atoms with E-state index >= 15 is 0 Å². The summed E-state index contributed by atoms with van der Waals surface area (Å²) in [5.74, 6) is -2.11. The zero-order chi connectivity index (χ0) is 23.9. The van der Waals surface area contributed by atoms with Gasteiger partial charge in [-0.2, -0.15) is 0 Å². The van der Waals surface area contributed by atoms with Crippen LogP contribution in [0.5, 0.6) is 0 Å². The lowest BCUT2D eigenvalue weighted by Crippen LogP contribution is -2.52. The van der Waals surface area contributed by atoms with Gasteiger partial charge in [-0.3, -0.25) is 9.59 Å². The van der Waals surface area contributed by atoms with Crippen LogP contribution in [0.2, 0.25) is 0 Å². The SMILES string of the molecule is O=C(O)[C@@H]1[C@H]2CC[C@@H](C23CC3)[C@@]1(CCOCCN1CCCC1)C(=O)NCc1ccc(Br)cc1F. The number of carbonyl (C=O) groups excluding carboxylic acids is 1. The van der Waals surface area contributed by atoms with Crippen LogP contribution in [0.25, 0.3) is 0 Å². The highest BCUT2D eigenvalue weighted by Gasteiger charge is 2.77.